The van der Waals surface area contributed by atoms with E-state index in [2.05, 4.69) is 11.7 Å². The number of hydrogen-bond donors (Lipinski definition) is 0. The predicted molar refractivity (Wildman–Crippen MR) is 77.3 cm³/mol. The van der Waals surface area contributed by atoms with Crippen LogP contribution in [0.4, 0.5) is 0 Å². The first-order valence-corrected chi connectivity index (χ1v) is 6.82. The summed E-state index contributed by atoms with van der Waals surface area (Å²) in [6.45, 7) is 6.07. The van der Waals surface area contributed by atoms with Gasteiger partial charge in [0, 0.05) is 6.42 Å². The van der Waals surface area contributed by atoms with E-state index in [0.29, 0.717) is 17.9 Å². The molecule has 0 saturated heterocycles. The number of aldehydes is 1. The largest absolute Gasteiger partial charge is 0.465 e. The van der Waals surface area contributed by atoms with E-state index in [0.717, 1.165) is 24.7 Å². The molecule has 3 nitrogen and oxygen atoms in total. The van der Waals surface area contributed by atoms with Gasteiger partial charge in [-0.25, -0.2) is 4.79 Å². The van der Waals surface area contributed by atoms with Crippen molar-refractivity contribution in [3.8, 4) is 0 Å². The van der Waals surface area contributed by atoms with E-state index >= 15 is 0 Å². The highest BCUT2D eigenvalue weighted by Crippen LogP contribution is 2.16. The third-order valence-corrected chi connectivity index (χ3v) is 2.88. The lowest BCUT2D eigenvalue weighted by atomic mass is 9.93. The van der Waals surface area contributed by atoms with E-state index in [1.54, 1.807) is 6.07 Å². The monoisotopic (exact) mass is 264 g/mol. The van der Waals surface area contributed by atoms with Gasteiger partial charge < -0.3 is 9.53 Å². The Morgan fingerprint density at radius 3 is 2.58 bits per heavy atom. The topological polar surface area (TPSA) is 43.4 Å². The molecule has 0 aromatic heterocycles. The first kappa shape index (κ1) is 17.4. The minimum Gasteiger partial charge on any atom is -0.465 e. The summed E-state index contributed by atoms with van der Waals surface area (Å²) in [6.07, 6.45) is 3.30. The SMILES string of the molecule is CC.CCC(CC=O)Cc1cccc(C(=O)OC)c1. The van der Waals surface area contributed by atoms with Crippen molar-refractivity contribution in [1.82, 2.24) is 0 Å². The van der Waals surface area contributed by atoms with Crippen LogP contribution >= 0.6 is 0 Å². The number of rotatable bonds is 6. The molecule has 0 heterocycles. The Morgan fingerprint density at radius 2 is 2.05 bits per heavy atom. The van der Waals surface area contributed by atoms with Gasteiger partial charge in [-0.05, 0) is 30.0 Å². The molecule has 1 rings (SSSR count). The standard InChI is InChI=1S/C14H18O3.C2H6/c1-3-11(7-8-15)9-12-5-4-6-13(10-12)14(16)17-2;1-2/h4-6,8,10-11H,3,7,9H2,1-2H3;1-2H3. The number of ether oxygens (including phenoxy) is 1. The zero-order valence-electron chi connectivity index (χ0n) is 12.3. The van der Waals surface area contributed by atoms with Crippen molar-refractivity contribution < 1.29 is 14.3 Å². The molecule has 0 saturated carbocycles. The van der Waals surface area contributed by atoms with Gasteiger partial charge >= 0.3 is 5.97 Å². The molecule has 1 aromatic carbocycles. The molecule has 1 unspecified atom stereocenters. The van der Waals surface area contributed by atoms with Crippen molar-refractivity contribution >= 4 is 12.3 Å². The molecule has 0 aliphatic carbocycles. The molecule has 0 aliphatic rings. The number of carbonyl (C=O) groups is 2. The molecule has 1 atom stereocenters. The number of benzene rings is 1. The maximum atomic E-state index is 11.4. The summed E-state index contributed by atoms with van der Waals surface area (Å²) in [5.74, 6) is 0.0238. The smallest absolute Gasteiger partial charge is 0.337 e. The van der Waals surface area contributed by atoms with Gasteiger partial charge in [0.25, 0.3) is 0 Å². The Hall–Kier alpha value is -1.64. The zero-order chi connectivity index (χ0) is 14.7. The average molecular weight is 264 g/mol. The van der Waals surface area contributed by atoms with Gasteiger partial charge in [0.15, 0.2) is 0 Å². The molecular weight excluding hydrogens is 240 g/mol. The highest BCUT2D eigenvalue weighted by molar-refractivity contribution is 5.89. The fourth-order valence-corrected chi connectivity index (χ4v) is 1.81. The molecule has 0 N–H and O–H groups in total. The number of carbonyl (C=O) groups excluding carboxylic acids is 2. The van der Waals surface area contributed by atoms with Crippen LogP contribution in [0.25, 0.3) is 0 Å². The first-order valence-electron chi connectivity index (χ1n) is 6.82. The second-order valence-corrected chi connectivity index (χ2v) is 4.07. The second-order valence-electron chi connectivity index (χ2n) is 4.07. The van der Waals surface area contributed by atoms with Gasteiger partial charge in [0.1, 0.15) is 6.29 Å². The Kier molecular flexibility index (Phi) is 9.41. The number of methoxy groups -OCH3 is 1. The molecule has 1 aromatic rings. The van der Waals surface area contributed by atoms with Crippen LogP contribution in [0.15, 0.2) is 24.3 Å². The molecule has 19 heavy (non-hydrogen) atoms. The minimum absolute atomic E-state index is 0.324. The Balaban J connectivity index is 0.00000154. The van der Waals surface area contributed by atoms with Gasteiger partial charge in [-0.1, -0.05) is 39.3 Å². The maximum absolute atomic E-state index is 11.4. The summed E-state index contributed by atoms with van der Waals surface area (Å²) in [4.78, 5) is 21.9. The van der Waals surface area contributed by atoms with Crippen LogP contribution in [0.5, 0.6) is 0 Å². The molecule has 0 spiro atoms. The van der Waals surface area contributed by atoms with Crippen LogP contribution < -0.4 is 0 Å². The summed E-state index contributed by atoms with van der Waals surface area (Å²) in [5, 5.41) is 0. The molecule has 3 heteroatoms. The van der Waals surface area contributed by atoms with E-state index in [-0.39, 0.29) is 5.97 Å². The number of esters is 1. The van der Waals surface area contributed by atoms with Crippen molar-refractivity contribution in [3.63, 3.8) is 0 Å². The van der Waals surface area contributed by atoms with E-state index in [9.17, 15) is 9.59 Å². The van der Waals surface area contributed by atoms with Crippen molar-refractivity contribution in [3.05, 3.63) is 35.4 Å². The highest BCUT2D eigenvalue weighted by Gasteiger charge is 2.09. The molecule has 0 bridgehead atoms. The minimum atomic E-state index is -0.324. The third kappa shape index (κ3) is 6.18. The van der Waals surface area contributed by atoms with Gasteiger partial charge in [-0.3, -0.25) is 0 Å². The summed E-state index contributed by atoms with van der Waals surface area (Å²) in [7, 11) is 1.37. The average Bonchev–Trinajstić information content (AvgIpc) is 2.48. The third-order valence-electron chi connectivity index (χ3n) is 2.88. The normalized spacial score (nSPS) is 10.9. The lowest BCUT2D eigenvalue weighted by molar-refractivity contribution is -0.108. The van der Waals surface area contributed by atoms with E-state index in [4.69, 9.17) is 0 Å². The van der Waals surface area contributed by atoms with Crippen LogP contribution in [0, 0.1) is 5.92 Å². The highest BCUT2D eigenvalue weighted by atomic mass is 16.5. The summed E-state index contributed by atoms with van der Waals surface area (Å²) in [5.41, 5.74) is 1.63. The van der Waals surface area contributed by atoms with E-state index in [1.807, 2.05) is 32.0 Å². The zero-order valence-corrected chi connectivity index (χ0v) is 12.3. The molecule has 0 amide bonds. The van der Waals surface area contributed by atoms with Gasteiger partial charge in [-0.15, -0.1) is 0 Å². The molecule has 0 fully saturated rings. The van der Waals surface area contributed by atoms with Gasteiger partial charge in [-0.2, -0.15) is 0 Å². The van der Waals surface area contributed by atoms with Crippen molar-refractivity contribution in [2.75, 3.05) is 7.11 Å². The Morgan fingerprint density at radius 1 is 1.37 bits per heavy atom. The molecular formula is C16H24O3. The summed E-state index contributed by atoms with van der Waals surface area (Å²) >= 11 is 0. The van der Waals surface area contributed by atoms with Crippen LogP contribution in [0.3, 0.4) is 0 Å². The quantitative estimate of drug-likeness (QED) is 0.581. The van der Waals surface area contributed by atoms with Crippen molar-refractivity contribution in [1.29, 1.82) is 0 Å². The fraction of sp³-hybridized carbons (Fsp3) is 0.500. The van der Waals surface area contributed by atoms with Gasteiger partial charge in [0.2, 0.25) is 0 Å². The Labute approximate surface area is 116 Å². The van der Waals surface area contributed by atoms with Gasteiger partial charge in [0.05, 0.1) is 12.7 Å². The first-order chi connectivity index (χ1) is 9.21. The summed E-state index contributed by atoms with van der Waals surface area (Å²) < 4.78 is 4.67. The van der Waals surface area contributed by atoms with E-state index < -0.39 is 0 Å². The lowest BCUT2D eigenvalue weighted by Gasteiger charge is -2.11. The molecule has 0 radical (unpaired) electrons. The van der Waals surface area contributed by atoms with Crippen LogP contribution in [0.1, 0.15) is 49.5 Å². The fourth-order valence-electron chi connectivity index (χ4n) is 1.81. The summed E-state index contributed by atoms with van der Waals surface area (Å²) in [6, 6.07) is 7.38. The lowest BCUT2D eigenvalue weighted by Crippen LogP contribution is -2.06. The van der Waals surface area contributed by atoms with Crippen molar-refractivity contribution in [2.24, 2.45) is 5.92 Å². The van der Waals surface area contributed by atoms with Crippen LogP contribution in [-0.4, -0.2) is 19.4 Å². The second kappa shape index (κ2) is 10.3. The van der Waals surface area contributed by atoms with Crippen LogP contribution in [0.2, 0.25) is 0 Å². The number of hydrogen-bond acceptors (Lipinski definition) is 3. The van der Waals surface area contributed by atoms with E-state index in [1.165, 1.54) is 7.11 Å². The molecule has 106 valence electrons. The predicted octanol–water partition coefficient (Wildman–Crippen LogP) is 3.66. The van der Waals surface area contributed by atoms with Crippen molar-refractivity contribution in [2.45, 2.75) is 40.0 Å². The maximum Gasteiger partial charge on any atom is 0.337 e. The van der Waals surface area contributed by atoms with Crippen LogP contribution in [-0.2, 0) is 16.0 Å². The Bertz CT molecular complexity index is 385. The molecule has 0 aliphatic heterocycles.